The second-order valence-corrected chi connectivity index (χ2v) is 9.19. The maximum absolute atomic E-state index is 13.7. The van der Waals surface area contributed by atoms with Crippen molar-refractivity contribution in [3.8, 4) is 0 Å². The van der Waals surface area contributed by atoms with Crippen LogP contribution in [0, 0.1) is 5.82 Å². The zero-order valence-corrected chi connectivity index (χ0v) is 21.0. The smallest absolute Gasteiger partial charge is 0.250 e. The molecule has 0 saturated carbocycles. The van der Waals surface area contributed by atoms with Crippen LogP contribution in [0.2, 0.25) is 0 Å². The number of fused-ring (bicyclic) bond motifs is 1. The van der Waals surface area contributed by atoms with Crippen LogP contribution in [-0.2, 0) is 16.0 Å². The maximum atomic E-state index is 13.7. The Kier molecular flexibility index (Phi) is 7.10. The van der Waals surface area contributed by atoms with Gasteiger partial charge in [-0.25, -0.2) is 9.82 Å². The summed E-state index contributed by atoms with van der Waals surface area (Å²) >= 11 is 0. The van der Waals surface area contributed by atoms with E-state index in [4.69, 9.17) is 14.5 Å². The molecule has 10 nitrogen and oxygen atoms in total. The van der Waals surface area contributed by atoms with E-state index in [9.17, 15) is 4.39 Å². The Morgan fingerprint density at radius 2 is 1.55 bits per heavy atom. The fraction of sp³-hybridized carbons (Fsp3) is 0.333. The molecule has 0 atom stereocenters. The van der Waals surface area contributed by atoms with E-state index in [2.05, 4.69) is 47.0 Å². The Balaban J connectivity index is 1.26. The van der Waals surface area contributed by atoms with Gasteiger partial charge in [-0.1, -0.05) is 30.3 Å². The average Bonchev–Trinajstić information content (AvgIpc) is 3.31. The molecule has 196 valence electrons. The molecule has 0 amide bonds. The molecular formula is C27H29FN8O2. The number of hydrogen-bond acceptors (Lipinski definition) is 9. The number of morpholine rings is 2. The van der Waals surface area contributed by atoms with Crippen LogP contribution in [0.25, 0.3) is 10.9 Å². The summed E-state index contributed by atoms with van der Waals surface area (Å²) in [6, 6.07) is 14.8. The van der Waals surface area contributed by atoms with Gasteiger partial charge in [-0.05, 0) is 23.8 Å². The minimum absolute atomic E-state index is 0.241. The molecule has 2 aliphatic rings. The van der Waals surface area contributed by atoms with Crippen LogP contribution in [0.5, 0.6) is 0 Å². The number of hydrogen-bond donors (Lipinski definition) is 1. The van der Waals surface area contributed by atoms with Crippen LogP contribution in [0.1, 0.15) is 11.1 Å². The van der Waals surface area contributed by atoms with Gasteiger partial charge in [0.2, 0.25) is 17.8 Å². The molecule has 6 rings (SSSR count). The molecule has 38 heavy (non-hydrogen) atoms. The van der Waals surface area contributed by atoms with Gasteiger partial charge in [0.15, 0.2) is 0 Å². The fourth-order valence-corrected chi connectivity index (χ4v) is 4.71. The summed E-state index contributed by atoms with van der Waals surface area (Å²) in [5, 5.41) is 5.53. The van der Waals surface area contributed by atoms with E-state index in [0.29, 0.717) is 50.8 Å². The molecule has 2 fully saturated rings. The van der Waals surface area contributed by atoms with E-state index in [0.717, 1.165) is 48.2 Å². The molecule has 0 aliphatic carbocycles. The summed E-state index contributed by atoms with van der Waals surface area (Å²) < 4.78 is 26.8. The highest BCUT2D eigenvalue weighted by atomic mass is 19.1. The minimum atomic E-state index is -0.241. The van der Waals surface area contributed by atoms with E-state index < -0.39 is 0 Å². The summed E-state index contributed by atoms with van der Waals surface area (Å²) in [6.45, 7) is 6.00. The Morgan fingerprint density at radius 1 is 0.868 bits per heavy atom. The van der Waals surface area contributed by atoms with Crippen LogP contribution in [0.3, 0.4) is 0 Å². The highest BCUT2D eigenvalue weighted by Crippen LogP contribution is 2.22. The van der Waals surface area contributed by atoms with Gasteiger partial charge in [-0.15, -0.1) is 0 Å². The molecule has 0 spiro atoms. The van der Waals surface area contributed by atoms with Crippen molar-refractivity contribution in [2.75, 3.05) is 67.8 Å². The van der Waals surface area contributed by atoms with Gasteiger partial charge in [0.25, 0.3) is 0 Å². The van der Waals surface area contributed by atoms with Gasteiger partial charge in [-0.2, -0.15) is 20.1 Å². The average molecular weight is 517 g/mol. The van der Waals surface area contributed by atoms with Crippen LogP contribution in [0.4, 0.5) is 22.2 Å². The van der Waals surface area contributed by atoms with Gasteiger partial charge in [0.05, 0.1) is 32.6 Å². The third-order valence-corrected chi connectivity index (χ3v) is 6.63. The number of nitrogens with one attached hydrogen (secondary N) is 1. The van der Waals surface area contributed by atoms with E-state index in [1.807, 2.05) is 24.4 Å². The molecule has 0 radical (unpaired) electrons. The van der Waals surface area contributed by atoms with E-state index >= 15 is 0 Å². The highest BCUT2D eigenvalue weighted by Gasteiger charge is 2.20. The van der Waals surface area contributed by atoms with Crippen LogP contribution in [-0.4, -0.2) is 78.3 Å². The predicted molar refractivity (Wildman–Crippen MR) is 145 cm³/mol. The van der Waals surface area contributed by atoms with Gasteiger partial charge in [0.1, 0.15) is 5.82 Å². The SMILES string of the molecule is Fc1cccc(Cn2cc(/C=N/Nc3nc(N4CCOCC4)nc(N4CCOCC4)n3)c3ccccc32)c1. The highest BCUT2D eigenvalue weighted by molar-refractivity contribution is 5.99. The molecule has 0 bridgehead atoms. The Bertz CT molecular complexity index is 1390. The van der Waals surface area contributed by atoms with Crippen LogP contribution in [0.15, 0.2) is 59.8 Å². The lowest BCUT2D eigenvalue weighted by Gasteiger charge is -2.30. The second-order valence-electron chi connectivity index (χ2n) is 9.19. The second kappa shape index (κ2) is 11.1. The number of anilines is 3. The summed E-state index contributed by atoms with van der Waals surface area (Å²) in [6.07, 6.45) is 3.78. The number of ether oxygens (including phenoxy) is 2. The molecular weight excluding hydrogens is 487 g/mol. The summed E-state index contributed by atoms with van der Waals surface area (Å²) in [4.78, 5) is 18.2. The van der Waals surface area contributed by atoms with Crippen LogP contribution < -0.4 is 15.2 Å². The summed E-state index contributed by atoms with van der Waals surface area (Å²) in [5.74, 6) is 1.35. The molecule has 2 aromatic heterocycles. The summed E-state index contributed by atoms with van der Waals surface area (Å²) in [7, 11) is 0. The number of hydrazone groups is 1. The lowest BCUT2D eigenvalue weighted by atomic mass is 10.2. The van der Waals surface area contributed by atoms with Gasteiger partial charge >= 0.3 is 0 Å². The van der Waals surface area contributed by atoms with Crippen molar-refractivity contribution in [2.24, 2.45) is 5.10 Å². The lowest BCUT2D eigenvalue weighted by Crippen LogP contribution is -2.40. The molecule has 2 aliphatic heterocycles. The first-order valence-electron chi connectivity index (χ1n) is 12.8. The standard InChI is InChI=1S/C27H29FN8O2/c28-22-5-3-4-20(16-22)18-36-19-21(23-6-1-2-7-24(23)36)17-29-33-25-30-26(34-8-12-37-13-9-34)32-27(31-25)35-10-14-38-15-11-35/h1-7,16-17,19H,8-15,18H2,(H,30,31,32,33)/b29-17+. The Morgan fingerprint density at radius 3 is 2.24 bits per heavy atom. The predicted octanol–water partition coefficient (Wildman–Crippen LogP) is 3.13. The third-order valence-electron chi connectivity index (χ3n) is 6.63. The number of halogens is 1. The Labute approximate surface area is 219 Å². The van der Waals surface area contributed by atoms with E-state index in [1.54, 1.807) is 18.3 Å². The zero-order valence-electron chi connectivity index (χ0n) is 21.0. The Hall–Kier alpha value is -4.09. The van der Waals surface area contributed by atoms with Gasteiger partial charge in [-0.3, -0.25) is 0 Å². The van der Waals surface area contributed by atoms with Crippen molar-refractivity contribution in [1.29, 1.82) is 0 Å². The number of benzene rings is 2. The first-order valence-corrected chi connectivity index (χ1v) is 12.8. The molecule has 1 N–H and O–H groups in total. The van der Waals surface area contributed by atoms with Gasteiger partial charge in [0, 0.05) is 55.4 Å². The van der Waals surface area contributed by atoms with Crippen molar-refractivity contribution >= 4 is 35.0 Å². The largest absolute Gasteiger partial charge is 0.378 e. The maximum Gasteiger partial charge on any atom is 0.250 e. The first kappa shape index (κ1) is 24.3. The van der Waals surface area contributed by atoms with Crippen molar-refractivity contribution in [1.82, 2.24) is 19.5 Å². The number of nitrogens with zero attached hydrogens (tertiary/aromatic N) is 7. The van der Waals surface area contributed by atoms with Crippen molar-refractivity contribution < 1.29 is 13.9 Å². The molecule has 2 saturated heterocycles. The zero-order chi connectivity index (χ0) is 25.7. The normalized spacial score (nSPS) is 16.4. The van der Waals surface area contributed by atoms with Crippen LogP contribution >= 0.6 is 0 Å². The fourth-order valence-electron chi connectivity index (χ4n) is 4.71. The number of para-hydroxylation sites is 1. The molecule has 11 heteroatoms. The van der Waals surface area contributed by atoms with E-state index in [-0.39, 0.29) is 5.82 Å². The molecule has 2 aromatic carbocycles. The number of rotatable bonds is 7. The van der Waals surface area contributed by atoms with E-state index in [1.165, 1.54) is 6.07 Å². The molecule has 4 aromatic rings. The quantitative estimate of drug-likeness (QED) is 0.296. The monoisotopic (exact) mass is 516 g/mol. The van der Waals surface area contributed by atoms with Crippen molar-refractivity contribution in [2.45, 2.75) is 6.54 Å². The topological polar surface area (TPSA) is 92.9 Å². The lowest BCUT2D eigenvalue weighted by molar-refractivity contribution is 0.121. The van der Waals surface area contributed by atoms with Gasteiger partial charge < -0.3 is 23.8 Å². The van der Waals surface area contributed by atoms with Crippen molar-refractivity contribution in [3.05, 3.63) is 71.7 Å². The third kappa shape index (κ3) is 5.43. The van der Waals surface area contributed by atoms with Crippen molar-refractivity contribution in [3.63, 3.8) is 0 Å². The molecule has 0 unspecified atom stereocenters. The molecule has 4 heterocycles. The summed E-state index contributed by atoms with van der Waals surface area (Å²) in [5.41, 5.74) is 5.88. The number of aromatic nitrogens is 4. The first-order chi connectivity index (χ1) is 18.7. The minimum Gasteiger partial charge on any atom is -0.378 e.